The monoisotopic (exact) mass is 270 g/mol. The van der Waals surface area contributed by atoms with E-state index in [-0.39, 0.29) is 6.10 Å². The van der Waals surface area contributed by atoms with Crippen molar-refractivity contribution in [2.75, 3.05) is 20.2 Å². The fourth-order valence-corrected chi connectivity index (χ4v) is 1.64. The van der Waals surface area contributed by atoms with Crippen LogP contribution in [0.4, 0.5) is 10.1 Å². The Hall–Kier alpha value is -1.53. The molecular weight excluding hydrogens is 251 g/mol. The SMILES string of the molecule is CC(C)OCCN(C)Cc1cccc([N+](=O)[O-])c1F. The van der Waals surface area contributed by atoms with Crippen molar-refractivity contribution in [2.24, 2.45) is 0 Å². The molecule has 0 fully saturated rings. The second-order valence-electron chi connectivity index (χ2n) is 4.66. The minimum Gasteiger partial charge on any atom is -0.377 e. The summed E-state index contributed by atoms with van der Waals surface area (Å²) in [6.45, 7) is 5.39. The molecule has 0 spiro atoms. The van der Waals surface area contributed by atoms with E-state index in [1.807, 2.05) is 25.8 Å². The summed E-state index contributed by atoms with van der Waals surface area (Å²) in [5.41, 5.74) is -0.162. The highest BCUT2D eigenvalue weighted by Crippen LogP contribution is 2.20. The van der Waals surface area contributed by atoms with Crippen LogP contribution in [0.1, 0.15) is 19.4 Å². The van der Waals surface area contributed by atoms with Gasteiger partial charge in [0.15, 0.2) is 0 Å². The van der Waals surface area contributed by atoms with Crippen LogP contribution in [0.3, 0.4) is 0 Å². The second-order valence-corrected chi connectivity index (χ2v) is 4.66. The summed E-state index contributed by atoms with van der Waals surface area (Å²) in [7, 11) is 1.82. The first-order valence-electron chi connectivity index (χ1n) is 6.13. The number of halogens is 1. The number of ether oxygens (including phenoxy) is 1. The number of nitro groups is 1. The van der Waals surface area contributed by atoms with Crippen LogP contribution in [-0.2, 0) is 11.3 Å². The number of nitro benzene ring substituents is 1. The normalized spacial score (nSPS) is 11.3. The molecule has 0 saturated carbocycles. The molecule has 0 aliphatic carbocycles. The van der Waals surface area contributed by atoms with Gasteiger partial charge in [-0.1, -0.05) is 12.1 Å². The maximum absolute atomic E-state index is 13.8. The van der Waals surface area contributed by atoms with Gasteiger partial charge < -0.3 is 4.74 Å². The minimum absolute atomic E-state index is 0.156. The lowest BCUT2D eigenvalue weighted by Crippen LogP contribution is -2.24. The Kier molecular flexibility index (Phi) is 5.85. The van der Waals surface area contributed by atoms with E-state index in [2.05, 4.69) is 0 Å². The van der Waals surface area contributed by atoms with Crippen LogP contribution < -0.4 is 0 Å². The standard InChI is InChI=1S/C13H19FN2O3/c1-10(2)19-8-7-15(3)9-11-5-4-6-12(13(11)14)16(17)18/h4-6,10H,7-9H2,1-3H3. The zero-order valence-corrected chi connectivity index (χ0v) is 11.4. The van der Waals surface area contributed by atoms with Gasteiger partial charge in [-0.25, -0.2) is 0 Å². The van der Waals surface area contributed by atoms with E-state index >= 15 is 0 Å². The molecule has 0 bridgehead atoms. The first kappa shape index (κ1) is 15.5. The summed E-state index contributed by atoms with van der Waals surface area (Å²) in [6, 6.07) is 4.22. The molecule has 1 aromatic carbocycles. The molecule has 0 atom stereocenters. The summed E-state index contributed by atoms with van der Waals surface area (Å²) in [4.78, 5) is 11.8. The third-order valence-electron chi connectivity index (χ3n) is 2.62. The summed E-state index contributed by atoms with van der Waals surface area (Å²) in [5.74, 6) is -0.760. The highest BCUT2D eigenvalue weighted by molar-refractivity contribution is 5.36. The molecule has 0 heterocycles. The van der Waals surface area contributed by atoms with E-state index < -0.39 is 16.4 Å². The minimum atomic E-state index is -0.760. The molecule has 0 N–H and O–H groups in total. The summed E-state index contributed by atoms with van der Waals surface area (Å²) in [6.07, 6.45) is 0.156. The average Bonchev–Trinajstić information content (AvgIpc) is 2.31. The van der Waals surface area contributed by atoms with Gasteiger partial charge in [0.2, 0.25) is 5.82 Å². The van der Waals surface area contributed by atoms with Gasteiger partial charge in [0.05, 0.1) is 17.6 Å². The molecule has 1 aromatic rings. The molecule has 0 aliphatic rings. The predicted molar refractivity (Wildman–Crippen MR) is 70.5 cm³/mol. The molecular formula is C13H19FN2O3. The maximum Gasteiger partial charge on any atom is 0.305 e. The van der Waals surface area contributed by atoms with E-state index in [1.165, 1.54) is 12.1 Å². The molecule has 0 saturated heterocycles. The van der Waals surface area contributed by atoms with E-state index in [0.29, 0.717) is 25.3 Å². The predicted octanol–water partition coefficient (Wildman–Crippen LogP) is 2.59. The van der Waals surface area contributed by atoms with Gasteiger partial charge in [-0.3, -0.25) is 15.0 Å². The quantitative estimate of drug-likeness (QED) is 0.564. The third-order valence-corrected chi connectivity index (χ3v) is 2.62. The Bertz CT molecular complexity index is 438. The van der Waals surface area contributed by atoms with Crippen LogP contribution in [0.5, 0.6) is 0 Å². The lowest BCUT2D eigenvalue weighted by molar-refractivity contribution is -0.387. The zero-order chi connectivity index (χ0) is 14.4. The molecule has 0 radical (unpaired) electrons. The Morgan fingerprint density at radius 1 is 1.47 bits per heavy atom. The number of likely N-dealkylation sites (N-methyl/N-ethyl adjacent to an activating group) is 1. The molecule has 0 unspecified atom stereocenters. The molecule has 0 aromatic heterocycles. The number of rotatable bonds is 7. The van der Waals surface area contributed by atoms with Gasteiger partial charge in [0, 0.05) is 24.7 Å². The van der Waals surface area contributed by atoms with Gasteiger partial charge >= 0.3 is 5.69 Å². The van der Waals surface area contributed by atoms with Crippen molar-refractivity contribution in [3.8, 4) is 0 Å². The van der Waals surface area contributed by atoms with Crippen LogP contribution in [0.15, 0.2) is 18.2 Å². The van der Waals surface area contributed by atoms with Crippen molar-refractivity contribution in [3.63, 3.8) is 0 Å². The Labute approximate surface area is 112 Å². The summed E-state index contributed by atoms with van der Waals surface area (Å²) in [5, 5.41) is 10.6. The highest BCUT2D eigenvalue weighted by atomic mass is 19.1. The van der Waals surface area contributed by atoms with Crippen molar-refractivity contribution >= 4 is 5.69 Å². The van der Waals surface area contributed by atoms with Crippen molar-refractivity contribution < 1.29 is 14.1 Å². The lowest BCUT2D eigenvalue weighted by atomic mass is 10.1. The van der Waals surface area contributed by atoms with Crippen LogP contribution in [0.25, 0.3) is 0 Å². The first-order valence-corrected chi connectivity index (χ1v) is 6.13. The maximum atomic E-state index is 13.8. The number of hydrogen-bond donors (Lipinski definition) is 0. The van der Waals surface area contributed by atoms with E-state index in [9.17, 15) is 14.5 Å². The van der Waals surface area contributed by atoms with E-state index in [1.54, 1.807) is 6.07 Å². The molecule has 6 heteroatoms. The highest BCUT2D eigenvalue weighted by Gasteiger charge is 2.17. The average molecular weight is 270 g/mol. The zero-order valence-electron chi connectivity index (χ0n) is 11.4. The Morgan fingerprint density at radius 2 is 2.16 bits per heavy atom. The van der Waals surface area contributed by atoms with Gasteiger partial charge in [0.1, 0.15) is 0 Å². The number of benzene rings is 1. The fourth-order valence-electron chi connectivity index (χ4n) is 1.64. The molecule has 19 heavy (non-hydrogen) atoms. The Balaban J connectivity index is 2.61. The third kappa shape index (κ3) is 4.92. The molecule has 0 aliphatic heterocycles. The van der Waals surface area contributed by atoms with Crippen molar-refractivity contribution in [3.05, 3.63) is 39.7 Å². The number of hydrogen-bond acceptors (Lipinski definition) is 4. The van der Waals surface area contributed by atoms with Crippen molar-refractivity contribution in [1.82, 2.24) is 4.90 Å². The molecule has 5 nitrogen and oxygen atoms in total. The lowest BCUT2D eigenvalue weighted by Gasteiger charge is -2.17. The largest absolute Gasteiger partial charge is 0.377 e. The van der Waals surface area contributed by atoms with Crippen LogP contribution in [-0.4, -0.2) is 36.1 Å². The van der Waals surface area contributed by atoms with Crippen molar-refractivity contribution in [2.45, 2.75) is 26.5 Å². The first-order chi connectivity index (χ1) is 8.91. The molecule has 0 amide bonds. The fraction of sp³-hybridized carbons (Fsp3) is 0.538. The van der Waals surface area contributed by atoms with Crippen LogP contribution in [0, 0.1) is 15.9 Å². The van der Waals surface area contributed by atoms with Crippen LogP contribution >= 0.6 is 0 Å². The van der Waals surface area contributed by atoms with Crippen molar-refractivity contribution in [1.29, 1.82) is 0 Å². The van der Waals surface area contributed by atoms with Gasteiger partial charge in [-0.2, -0.15) is 4.39 Å². The molecule has 106 valence electrons. The van der Waals surface area contributed by atoms with Gasteiger partial charge in [-0.05, 0) is 20.9 Å². The van der Waals surface area contributed by atoms with E-state index in [0.717, 1.165) is 0 Å². The smallest absolute Gasteiger partial charge is 0.305 e. The second kappa shape index (κ2) is 7.16. The van der Waals surface area contributed by atoms with E-state index in [4.69, 9.17) is 4.74 Å². The van der Waals surface area contributed by atoms with Gasteiger partial charge in [0.25, 0.3) is 0 Å². The number of nitrogens with zero attached hydrogens (tertiary/aromatic N) is 2. The molecule has 1 rings (SSSR count). The van der Waals surface area contributed by atoms with Crippen LogP contribution in [0.2, 0.25) is 0 Å². The summed E-state index contributed by atoms with van der Waals surface area (Å²) < 4.78 is 19.2. The topological polar surface area (TPSA) is 55.6 Å². The Morgan fingerprint density at radius 3 is 2.74 bits per heavy atom. The van der Waals surface area contributed by atoms with Gasteiger partial charge in [-0.15, -0.1) is 0 Å². The summed E-state index contributed by atoms with van der Waals surface area (Å²) >= 11 is 0.